The summed E-state index contributed by atoms with van der Waals surface area (Å²) in [5.74, 6) is -1.59. The third-order valence-electron chi connectivity index (χ3n) is 5.03. The van der Waals surface area contributed by atoms with Gasteiger partial charge in [0.25, 0.3) is 0 Å². The number of phenols is 4. The van der Waals surface area contributed by atoms with Crippen LogP contribution in [0.1, 0.15) is 44.4 Å². The standard InChI is InChI=1S/C22H18O5/c1-11-6-13(8-15(24)7-11)20-19(12-2-4-14(23)5-3-12)21-17(22(20)27)9-16(25)10-18(21)26/h2-10,19-20,23-26H,1H3/t19-,20-/m0/s1. The number of hydrogen-bond acceptors (Lipinski definition) is 5. The Morgan fingerprint density at radius 1 is 0.704 bits per heavy atom. The fraction of sp³-hybridized carbons (Fsp3) is 0.136. The topological polar surface area (TPSA) is 98.0 Å². The number of aryl methyl sites for hydroxylation is 1. The van der Waals surface area contributed by atoms with Crippen LogP contribution in [-0.4, -0.2) is 26.2 Å². The van der Waals surface area contributed by atoms with Crippen LogP contribution in [0.4, 0.5) is 0 Å². The van der Waals surface area contributed by atoms with Crippen LogP contribution < -0.4 is 0 Å². The van der Waals surface area contributed by atoms with Crippen LogP contribution in [0.25, 0.3) is 0 Å². The molecule has 3 aromatic carbocycles. The monoisotopic (exact) mass is 362 g/mol. The van der Waals surface area contributed by atoms with Crippen LogP contribution in [0.3, 0.4) is 0 Å². The van der Waals surface area contributed by atoms with Crippen molar-refractivity contribution < 1.29 is 25.2 Å². The molecule has 0 amide bonds. The largest absolute Gasteiger partial charge is 0.508 e. The number of ketones is 1. The van der Waals surface area contributed by atoms with Crippen molar-refractivity contribution in [1.82, 2.24) is 0 Å². The summed E-state index contributed by atoms with van der Waals surface area (Å²) < 4.78 is 0. The zero-order chi connectivity index (χ0) is 19.3. The fourth-order valence-corrected chi connectivity index (χ4v) is 4.00. The van der Waals surface area contributed by atoms with Crippen LogP contribution in [0.2, 0.25) is 0 Å². The lowest BCUT2D eigenvalue weighted by molar-refractivity contribution is 0.0968. The summed E-state index contributed by atoms with van der Waals surface area (Å²) in [4.78, 5) is 13.2. The van der Waals surface area contributed by atoms with Gasteiger partial charge in [-0.1, -0.05) is 18.2 Å². The fourth-order valence-electron chi connectivity index (χ4n) is 4.00. The molecular weight excluding hydrogens is 344 g/mol. The van der Waals surface area contributed by atoms with E-state index in [9.17, 15) is 25.2 Å². The van der Waals surface area contributed by atoms with Crippen molar-refractivity contribution in [3.05, 3.63) is 82.4 Å². The molecule has 136 valence electrons. The Morgan fingerprint density at radius 3 is 2.04 bits per heavy atom. The summed E-state index contributed by atoms with van der Waals surface area (Å²) in [6, 6.07) is 14.0. The van der Waals surface area contributed by atoms with E-state index < -0.39 is 11.8 Å². The number of rotatable bonds is 2. The molecule has 0 heterocycles. The lowest BCUT2D eigenvalue weighted by atomic mass is 9.80. The first-order valence-electron chi connectivity index (χ1n) is 8.54. The number of carbonyl (C=O) groups excluding carboxylic acids is 1. The molecule has 0 saturated carbocycles. The minimum atomic E-state index is -0.664. The molecule has 4 N–H and O–H groups in total. The first-order valence-corrected chi connectivity index (χ1v) is 8.54. The van der Waals surface area contributed by atoms with E-state index in [0.29, 0.717) is 11.1 Å². The van der Waals surface area contributed by atoms with Gasteiger partial charge < -0.3 is 20.4 Å². The van der Waals surface area contributed by atoms with Crippen LogP contribution >= 0.6 is 0 Å². The molecule has 4 rings (SSSR count). The Kier molecular flexibility index (Phi) is 3.81. The Hall–Kier alpha value is -3.47. The Morgan fingerprint density at radius 2 is 1.37 bits per heavy atom. The molecule has 5 nitrogen and oxygen atoms in total. The van der Waals surface area contributed by atoms with Crippen molar-refractivity contribution >= 4 is 5.78 Å². The minimum absolute atomic E-state index is 0.0604. The highest BCUT2D eigenvalue weighted by atomic mass is 16.3. The van der Waals surface area contributed by atoms with Gasteiger partial charge in [-0.25, -0.2) is 0 Å². The molecule has 0 radical (unpaired) electrons. The number of phenolic OH excluding ortho intramolecular Hbond substituents is 4. The quantitative estimate of drug-likeness (QED) is 0.554. The second-order valence-corrected chi connectivity index (χ2v) is 6.94. The van der Waals surface area contributed by atoms with Gasteiger partial charge in [-0.3, -0.25) is 4.79 Å². The lowest BCUT2D eigenvalue weighted by Crippen LogP contribution is -2.13. The van der Waals surface area contributed by atoms with Gasteiger partial charge in [-0.2, -0.15) is 0 Å². The van der Waals surface area contributed by atoms with Gasteiger partial charge in [0, 0.05) is 23.1 Å². The van der Waals surface area contributed by atoms with Gasteiger partial charge >= 0.3 is 0 Å². The average Bonchev–Trinajstić information content (AvgIpc) is 2.88. The molecule has 0 saturated heterocycles. The van der Waals surface area contributed by atoms with Crippen LogP contribution in [0.5, 0.6) is 23.0 Å². The van der Waals surface area contributed by atoms with Crippen LogP contribution in [-0.2, 0) is 0 Å². The summed E-state index contributed by atoms with van der Waals surface area (Å²) in [5.41, 5.74) is 2.88. The third-order valence-corrected chi connectivity index (χ3v) is 5.03. The molecule has 0 aliphatic heterocycles. The zero-order valence-electron chi connectivity index (χ0n) is 14.5. The van der Waals surface area contributed by atoms with Gasteiger partial charge in [0.1, 0.15) is 23.0 Å². The predicted octanol–water partition coefficient (Wildman–Crippen LogP) is 3.93. The normalized spacial score (nSPS) is 18.5. The van der Waals surface area contributed by atoms with Crippen molar-refractivity contribution in [3.63, 3.8) is 0 Å². The van der Waals surface area contributed by atoms with E-state index in [1.807, 2.05) is 13.0 Å². The highest BCUT2D eigenvalue weighted by molar-refractivity contribution is 6.08. The van der Waals surface area contributed by atoms with Crippen molar-refractivity contribution in [2.75, 3.05) is 0 Å². The maximum atomic E-state index is 13.2. The Bertz CT molecular complexity index is 1030. The molecule has 0 spiro atoms. The van der Waals surface area contributed by atoms with E-state index in [0.717, 1.165) is 11.1 Å². The van der Waals surface area contributed by atoms with Gasteiger partial charge in [0.15, 0.2) is 5.78 Å². The molecule has 2 atom stereocenters. The van der Waals surface area contributed by atoms with Gasteiger partial charge in [-0.05, 0) is 53.9 Å². The molecule has 5 heteroatoms. The molecule has 0 unspecified atom stereocenters. The first kappa shape index (κ1) is 17.0. The summed E-state index contributed by atoms with van der Waals surface area (Å²) in [5, 5.41) is 40.0. The van der Waals surface area contributed by atoms with E-state index in [4.69, 9.17) is 0 Å². The second kappa shape index (κ2) is 6.06. The third kappa shape index (κ3) is 2.77. The minimum Gasteiger partial charge on any atom is -0.508 e. The SMILES string of the molecule is Cc1cc(O)cc([C@@H]2C(=O)c3cc(O)cc(O)c3[C@H]2c2ccc(O)cc2)c1. The molecule has 0 bridgehead atoms. The maximum Gasteiger partial charge on any atom is 0.171 e. The lowest BCUT2D eigenvalue weighted by Gasteiger charge is -2.21. The highest BCUT2D eigenvalue weighted by Gasteiger charge is 2.43. The molecule has 0 aromatic heterocycles. The number of carbonyl (C=O) groups is 1. The predicted molar refractivity (Wildman–Crippen MR) is 99.6 cm³/mol. The van der Waals surface area contributed by atoms with E-state index in [2.05, 4.69) is 0 Å². The molecule has 1 aliphatic rings. The highest BCUT2D eigenvalue weighted by Crippen LogP contribution is 2.52. The van der Waals surface area contributed by atoms with Crippen LogP contribution in [0.15, 0.2) is 54.6 Å². The maximum absolute atomic E-state index is 13.2. The average molecular weight is 362 g/mol. The second-order valence-electron chi connectivity index (χ2n) is 6.94. The summed E-state index contributed by atoms with van der Waals surface area (Å²) in [6.07, 6.45) is 0. The van der Waals surface area contributed by atoms with Crippen molar-refractivity contribution in [2.24, 2.45) is 0 Å². The van der Waals surface area contributed by atoms with Crippen molar-refractivity contribution in [3.8, 4) is 23.0 Å². The number of benzene rings is 3. The first-order chi connectivity index (χ1) is 12.8. The summed E-state index contributed by atoms with van der Waals surface area (Å²) >= 11 is 0. The van der Waals surface area contributed by atoms with E-state index in [-0.39, 0.29) is 34.3 Å². The van der Waals surface area contributed by atoms with E-state index >= 15 is 0 Å². The molecule has 27 heavy (non-hydrogen) atoms. The Balaban J connectivity index is 1.97. The number of aromatic hydroxyl groups is 4. The summed E-state index contributed by atoms with van der Waals surface area (Å²) in [6.45, 7) is 1.83. The van der Waals surface area contributed by atoms with E-state index in [1.165, 1.54) is 24.3 Å². The van der Waals surface area contributed by atoms with Gasteiger partial charge in [-0.15, -0.1) is 0 Å². The molecule has 0 fully saturated rings. The molecule has 3 aromatic rings. The van der Waals surface area contributed by atoms with Crippen molar-refractivity contribution in [1.29, 1.82) is 0 Å². The smallest absolute Gasteiger partial charge is 0.171 e. The van der Waals surface area contributed by atoms with Gasteiger partial charge in [0.2, 0.25) is 0 Å². The number of Topliss-reactive ketones (excluding diaryl/α,β-unsaturated/α-hetero) is 1. The Labute approximate surface area is 155 Å². The number of fused-ring (bicyclic) bond motifs is 1. The molecule has 1 aliphatic carbocycles. The number of hydrogen-bond donors (Lipinski definition) is 4. The van der Waals surface area contributed by atoms with Crippen LogP contribution in [0, 0.1) is 6.92 Å². The summed E-state index contributed by atoms with van der Waals surface area (Å²) in [7, 11) is 0. The van der Waals surface area contributed by atoms with Gasteiger partial charge in [0.05, 0.1) is 5.92 Å². The molecular formula is C22H18O5. The zero-order valence-corrected chi connectivity index (χ0v) is 14.5. The van der Waals surface area contributed by atoms with E-state index in [1.54, 1.807) is 24.3 Å². The van der Waals surface area contributed by atoms with Crippen molar-refractivity contribution in [2.45, 2.75) is 18.8 Å².